The van der Waals surface area contributed by atoms with Gasteiger partial charge in [-0.25, -0.2) is 23.9 Å². The number of alkyl carbamates (subject to hydrolysis) is 1. The number of carbonyl (C=O) groups excluding carboxylic acids is 2. The highest BCUT2D eigenvalue weighted by Gasteiger charge is 2.25. The summed E-state index contributed by atoms with van der Waals surface area (Å²) in [6.45, 7) is 8.72. The summed E-state index contributed by atoms with van der Waals surface area (Å²) in [6, 6.07) is 10.1. The van der Waals surface area contributed by atoms with E-state index in [9.17, 15) is 14.4 Å². The lowest BCUT2D eigenvalue weighted by molar-refractivity contribution is 0.0534. The molecular formula is C36H40FN7O6. The lowest BCUT2D eigenvalue weighted by atomic mass is 9.96. The molecule has 1 aliphatic heterocycles. The van der Waals surface area contributed by atoms with Crippen LogP contribution in [0.4, 0.5) is 25.5 Å². The minimum Gasteiger partial charge on any atom is -0.478 e. The summed E-state index contributed by atoms with van der Waals surface area (Å²) in [6.07, 6.45) is 4.86. The van der Waals surface area contributed by atoms with Crippen LogP contribution in [0.5, 0.6) is 5.75 Å². The van der Waals surface area contributed by atoms with Gasteiger partial charge >= 0.3 is 12.2 Å². The molecule has 1 saturated heterocycles. The van der Waals surface area contributed by atoms with Crippen molar-refractivity contribution in [3.8, 4) is 28.8 Å². The fraction of sp³-hybridized carbons (Fsp3) is 0.361. The molecule has 0 atom stereocenters. The maximum Gasteiger partial charge on any atom is 0.408 e. The topological polar surface area (TPSA) is 159 Å². The zero-order valence-electron chi connectivity index (χ0n) is 28.4. The highest BCUT2D eigenvalue weighted by Crippen LogP contribution is 2.29. The maximum atomic E-state index is 15.0. The summed E-state index contributed by atoms with van der Waals surface area (Å²) < 4.78 is 27.4. The van der Waals surface area contributed by atoms with Gasteiger partial charge in [0.25, 0.3) is 5.91 Å². The zero-order chi connectivity index (χ0) is 35.8. The Bertz CT molecular complexity index is 1940. The number of hydrogen-bond donors (Lipinski definition) is 4. The van der Waals surface area contributed by atoms with Crippen molar-refractivity contribution in [1.82, 2.24) is 29.9 Å². The number of ether oxygens (including phenoxy) is 2. The number of anilines is 2. The zero-order valence-corrected chi connectivity index (χ0v) is 28.4. The van der Waals surface area contributed by atoms with Gasteiger partial charge < -0.3 is 35.4 Å². The van der Waals surface area contributed by atoms with Gasteiger partial charge in [-0.05, 0) is 88.4 Å². The second kappa shape index (κ2) is 15.6. The van der Waals surface area contributed by atoms with E-state index in [1.165, 1.54) is 12.1 Å². The SMILES string of the molecule is Cc1cc(Nc2nccn3c(-c4ccc(OCC#CCNC(=O)OC(C)(C)C)c(F)c4)cnc23)ccc1C(=O)N1CCC(CNC(=O)O)CC1. The Labute approximate surface area is 289 Å². The summed E-state index contributed by atoms with van der Waals surface area (Å²) in [5.74, 6) is 5.58. The maximum absolute atomic E-state index is 15.0. The third kappa shape index (κ3) is 9.19. The van der Waals surface area contributed by atoms with E-state index in [0.717, 1.165) is 24.1 Å². The Morgan fingerprint density at radius 3 is 2.54 bits per heavy atom. The summed E-state index contributed by atoms with van der Waals surface area (Å²) in [5.41, 5.74) is 3.26. The van der Waals surface area contributed by atoms with Gasteiger partial charge in [0.15, 0.2) is 23.0 Å². The van der Waals surface area contributed by atoms with Crippen LogP contribution in [0.2, 0.25) is 0 Å². The van der Waals surface area contributed by atoms with Crippen LogP contribution < -0.4 is 20.7 Å². The van der Waals surface area contributed by atoms with Gasteiger partial charge in [-0.1, -0.05) is 11.8 Å². The van der Waals surface area contributed by atoms with Gasteiger partial charge in [-0.2, -0.15) is 0 Å². The molecule has 0 radical (unpaired) electrons. The number of carboxylic acid groups (broad SMARTS) is 1. The molecule has 1 fully saturated rings. The number of aromatic nitrogens is 3. The van der Waals surface area contributed by atoms with Crippen molar-refractivity contribution in [3.63, 3.8) is 0 Å². The molecule has 0 aliphatic carbocycles. The number of nitrogens with one attached hydrogen (secondary N) is 3. The van der Waals surface area contributed by atoms with Crippen LogP contribution in [0.3, 0.4) is 0 Å². The molecule has 1 aliphatic rings. The van der Waals surface area contributed by atoms with Crippen molar-refractivity contribution in [2.24, 2.45) is 5.92 Å². The monoisotopic (exact) mass is 685 g/mol. The van der Waals surface area contributed by atoms with Crippen LogP contribution >= 0.6 is 0 Å². The molecular weight excluding hydrogens is 645 g/mol. The molecule has 13 nitrogen and oxygen atoms in total. The highest BCUT2D eigenvalue weighted by molar-refractivity contribution is 5.96. The van der Waals surface area contributed by atoms with Crippen LogP contribution in [0.1, 0.15) is 49.5 Å². The number of carbonyl (C=O) groups is 3. The first-order valence-electron chi connectivity index (χ1n) is 16.2. The van der Waals surface area contributed by atoms with Crippen LogP contribution in [0, 0.1) is 30.5 Å². The van der Waals surface area contributed by atoms with Crippen molar-refractivity contribution < 1.29 is 33.4 Å². The third-order valence-corrected chi connectivity index (χ3v) is 7.96. The van der Waals surface area contributed by atoms with Gasteiger partial charge in [-0.3, -0.25) is 9.20 Å². The highest BCUT2D eigenvalue weighted by atomic mass is 19.1. The molecule has 4 N–H and O–H groups in total. The largest absolute Gasteiger partial charge is 0.478 e. The molecule has 2 aromatic carbocycles. The van der Waals surface area contributed by atoms with E-state index in [-0.39, 0.29) is 30.7 Å². The van der Waals surface area contributed by atoms with Gasteiger partial charge in [0.1, 0.15) is 12.2 Å². The number of benzene rings is 2. The van der Waals surface area contributed by atoms with E-state index >= 15 is 4.39 Å². The van der Waals surface area contributed by atoms with E-state index < -0.39 is 23.6 Å². The Morgan fingerprint density at radius 2 is 1.84 bits per heavy atom. The quantitative estimate of drug-likeness (QED) is 0.164. The van der Waals surface area contributed by atoms with Crippen molar-refractivity contribution in [3.05, 3.63) is 71.9 Å². The normalized spacial score (nSPS) is 13.3. The van der Waals surface area contributed by atoms with E-state index in [4.69, 9.17) is 14.6 Å². The molecule has 5 rings (SSSR count). The number of fused-ring (bicyclic) bond motifs is 1. The number of rotatable bonds is 9. The van der Waals surface area contributed by atoms with Crippen molar-refractivity contribution >= 4 is 35.2 Å². The van der Waals surface area contributed by atoms with E-state index in [0.29, 0.717) is 47.9 Å². The summed E-state index contributed by atoms with van der Waals surface area (Å²) >= 11 is 0. The first-order chi connectivity index (χ1) is 23.9. The minimum absolute atomic E-state index is 0.0378. The fourth-order valence-electron chi connectivity index (χ4n) is 5.52. The first-order valence-corrected chi connectivity index (χ1v) is 16.2. The smallest absolute Gasteiger partial charge is 0.408 e. The lowest BCUT2D eigenvalue weighted by Gasteiger charge is -2.32. The van der Waals surface area contributed by atoms with Gasteiger partial charge in [-0.15, -0.1) is 0 Å². The number of aryl methyl sites for hydroxylation is 1. The van der Waals surface area contributed by atoms with E-state index in [1.807, 2.05) is 24.0 Å². The van der Waals surface area contributed by atoms with Gasteiger partial charge in [0.2, 0.25) is 0 Å². The number of piperidine rings is 1. The molecule has 50 heavy (non-hydrogen) atoms. The molecule has 0 bridgehead atoms. The summed E-state index contributed by atoms with van der Waals surface area (Å²) in [5, 5.41) is 17.1. The molecule has 0 saturated carbocycles. The standard InChI is InChI=1S/C36H40FN7O6/c1-23-19-26(8-9-27(23)33(45)43-15-11-24(12-16-43)21-41-34(46)47)42-31-32-40-22-29(44(32)17-14-38-31)25-7-10-30(28(37)20-25)49-18-6-5-13-39-35(48)50-36(2,3)4/h7-10,14,17,19-20,22,24,41H,11-13,15-16,18,21H2,1-4H3,(H,38,42)(H,39,48)(H,46,47). The number of imidazole rings is 1. The molecule has 0 unspecified atom stereocenters. The molecule has 3 heterocycles. The predicted molar refractivity (Wildman–Crippen MR) is 185 cm³/mol. The Morgan fingerprint density at radius 1 is 1.06 bits per heavy atom. The number of amides is 3. The van der Waals surface area contributed by atoms with Crippen LogP contribution in [0.25, 0.3) is 16.9 Å². The Balaban J connectivity index is 1.19. The molecule has 3 amide bonds. The van der Waals surface area contributed by atoms with Crippen LogP contribution in [-0.2, 0) is 4.74 Å². The Hall–Kier alpha value is -5.84. The summed E-state index contributed by atoms with van der Waals surface area (Å²) in [7, 11) is 0. The lowest BCUT2D eigenvalue weighted by Crippen LogP contribution is -2.41. The van der Waals surface area contributed by atoms with Crippen molar-refractivity contribution in [1.29, 1.82) is 0 Å². The average molecular weight is 686 g/mol. The average Bonchev–Trinajstić information content (AvgIpc) is 3.50. The molecule has 0 spiro atoms. The number of hydrogen-bond acceptors (Lipinski definition) is 8. The predicted octanol–water partition coefficient (Wildman–Crippen LogP) is 5.61. The fourth-order valence-corrected chi connectivity index (χ4v) is 5.52. The number of halogens is 1. The van der Waals surface area contributed by atoms with Gasteiger partial charge in [0.05, 0.1) is 18.4 Å². The minimum atomic E-state index is -1.03. The molecule has 262 valence electrons. The van der Waals surface area contributed by atoms with Crippen molar-refractivity contribution in [2.45, 2.75) is 46.1 Å². The van der Waals surface area contributed by atoms with E-state index in [2.05, 4.69) is 37.8 Å². The number of nitrogens with zero attached hydrogens (tertiary/aromatic N) is 4. The van der Waals surface area contributed by atoms with Crippen molar-refractivity contribution in [2.75, 3.05) is 38.1 Å². The second-order valence-corrected chi connectivity index (χ2v) is 12.8. The summed E-state index contributed by atoms with van der Waals surface area (Å²) in [4.78, 5) is 46.6. The van der Waals surface area contributed by atoms with Crippen LogP contribution in [0.15, 0.2) is 55.0 Å². The Kier molecular flexibility index (Phi) is 11.1. The third-order valence-electron chi connectivity index (χ3n) is 7.96. The molecule has 2 aromatic heterocycles. The second-order valence-electron chi connectivity index (χ2n) is 12.8. The molecule has 4 aromatic rings. The number of likely N-dealkylation sites (tertiary alicyclic amines) is 1. The first kappa shape index (κ1) is 35.5. The van der Waals surface area contributed by atoms with Gasteiger partial charge in [0, 0.05) is 48.8 Å². The molecule has 14 heteroatoms. The van der Waals surface area contributed by atoms with Crippen LogP contribution in [-0.4, -0.2) is 80.9 Å². The van der Waals surface area contributed by atoms with E-state index in [1.54, 1.807) is 55.9 Å².